The van der Waals surface area contributed by atoms with Gasteiger partial charge in [0.25, 0.3) is 5.91 Å². The summed E-state index contributed by atoms with van der Waals surface area (Å²) in [5.74, 6) is -0.651. The van der Waals surface area contributed by atoms with Crippen molar-refractivity contribution in [3.63, 3.8) is 0 Å². The third-order valence-electron chi connectivity index (χ3n) is 2.47. The number of hydrogen-bond acceptors (Lipinski definition) is 4. The molecule has 0 bridgehead atoms. The molecule has 1 aromatic heterocycles. The highest BCUT2D eigenvalue weighted by atomic mass is 79.9. The summed E-state index contributed by atoms with van der Waals surface area (Å²) in [7, 11) is 0. The van der Waals surface area contributed by atoms with Gasteiger partial charge in [0.15, 0.2) is 0 Å². The minimum absolute atomic E-state index is 0.0278. The molecule has 0 spiro atoms. The fourth-order valence-electron chi connectivity index (χ4n) is 1.58. The van der Waals surface area contributed by atoms with Gasteiger partial charge >= 0.3 is 0 Å². The number of carbonyl (C=O) groups excluding carboxylic acids is 1. The molecule has 0 aliphatic rings. The standard InChI is InChI=1S/C13H13BrFN3OS/c1-7(2)6-10-17-18-13(20-10)16-12(19)8-4-3-5-9(14)11(8)15/h3-5,7H,6H2,1-2H3,(H,16,18,19). The van der Waals surface area contributed by atoms with Crippen LogP contribution in [0.1, 0.15) is 29.2 Å². The number of nitrogens with one attached hydrogen (secondary N) is 1. The maximum atomic E-state index is 13.8. The van der Waals surface area contributed by atoms with Crippen molar-refractivity contribution in [1.29, 1.82) is 0 Å². The summed E-state index contributed by atoms with van der Waals surface area (Å²) in [6, 6.07) is 4.57. The van der Waals surface area contributed by atoms with Crippen LogP contribution >= 0.6 is 27.3 Å². The van der Waals surface area contributed by atoms with E-state index in [9.17, 15) is 9.18 Å². The lowest BCUT2D eigenvalue weighted by Gasteiger charge is -2.03. The second-order valence-corrected chi connectivity index (χ2v) is 6.57. The van der Waals surface area contributed by atoms with Crippen molar-refractivity contribution in [1.82, 2.24) is 10.2 Å². The van der Waals surface area contributed by atoms with Crippen LogP contribution in [0.3, 0.4) is 0 Å². The lowest BCUT2D eigenvalue weighted by Crippen LogP contribution is -2.13. The molecule has 0 unspecified atom stereocenters. The molecule has 1 N–H and O–H groups in total. The van der Waals surface area contributed by atoms with Crippen LogP contribution in [0.2, 0.25) is 0 Å². The quantitative estimate of drug-likeness (QED) is 0.902. The Balaban J connectivity index is 2.11. The van der Waals surface area contributed by atoms with Crippen LogP contribution in [-0.2, 0) is 6.42 Å². The number of amides is 1. The van der Waals surface area contributed by atoms with Gasteiger partial charge in [0.1, 0.15) is 10.8 Å². The Bertz CT molecular complexity index is 630. The SMILES string of the molecule is CC(C)Cc1nnc(NC(=O)c2cccc(Br)c2F)s1. The third-order valence-corrected chi connectivity index (χ3v) is 3.94. The molecule has 0 atom stereocenters. The summed E-state index contributed by atoms with van der Waals surface area (Å²) in [5, 5.41) is 11.7. The monoisotopic (exact) mass is 357 g/mol. The second kappa shape index (κ2) is 6.41. The maximum absolute atomic E-state index is 13.8. The smallest absolute Gasteiger partial charge is 0.260 e. The van der Waals surface area contributed by atoms with E-state index >= 15 is 0 Å². The van der Waals surface area contributed by atoms with Crippen molar-refractivity contribution < 1.29 is 9.18 Å². The normalized spacial score (nSPS) is 10.8. The molecular formula is C13H13BrFN3OS. The van der Waals surface area contributed by atoms with E-state index in [1.807, 2.05) is 0 Å². The molecule has 2 aromatic rings. The van der Waals surface area contributed by atoms with Crippen LogP contribution in [0.5, 0.6) is 0 Å². The van der Waals surface area contributed by atoms with E-state index in [2.05, 4.69) is 45.3 Å². The molecule has 1 amide bonds. The average molecular weight is 358 g/mol. The van der Waals surface area contributed by atoms with Crippen LogP contribution in [-0.4, -0.2) is 16.1 Å². The van der Waals surface area contributed by atoms with Crippen molar-refractivity contribution in [2.75, 3.05) is 5.32 Å². The molecule has 4 nitrogen and oxygen atoms in total. The van der Waals surface area contributed by atoms with Gasteiger partial charge in [-0.2, -0.15) is 0 Å². The molecule has 1 aromatic carbocycles. The highest BCUT2D eigenvalue weighted by Crippen LogP contribution is 2.22. The van der Waals surface area contributed by atoms with Crippen molar-refractivity contribution in [2.24, 2.45) is 5.92 Å². The summed E-state index contributed by atoms with van der Waals surface area (Å²) in [4.78, 5) is 12.0. The van der Waals surface area contributed by atoms with Gasteiger partial charge in [0, 0.05) is 6.42 Å². The minimum Gasteiger partial charge on any atom is -0.296 e. The van der Waals surface area contributed by atoms with Crippen molar-refractivity contribution in [3.05, 3.63) is 39.1 Å². The molecular weight excluding hydrogens is 345 g/mol. The summed E-state index contributed by atoms with van der Waals surface area (Å²) in [5.41, 5.74) is -0.0278. The Kier molecular flexibility index (Phi) is 4.82. The van der Waals surface area contributed by atoms with Gasteiger partial charge in [-0.15, -0.1) is 10.2 Å². The number of nitrogens with zero attached hydrogens (tertiary/aromatic N) is 2. The Labute approximate surface area is 128 Å². The Morgan fingerprint density at radius 1 is 1.45 bits per heavy atom. The molecule has 7 heteroatoms. The first-order chi connectivity index (χ1) is 9.47. The van der Waals surface area contributed by atoms with E-state index < -0.39 is 11.7 Å². The Morgan fingerprint density at radius 2 is 2.20 bits per heavy atom. The summed E-state index contributed by atoms with van der Waals surface area (Å²) < 4.78 is 14.0. The summed E-state index contributed by atoms with van der Waals surface area (Å²) in [6.45, 7) is 4.16. The van der Waals surface area contributed by atoms with Gasteiger partial charge < -0.3 is 0 Å². The van der Waals surface area contributed by atoms with Crippen LogP contribution in [0, 0.1) is 11.7 Å². The van der Waals surface area contributed by atoms with Crippen LogP contribution in [0.15, 0.2) is 22.7 Å². The summed E-state index contributed by atoms with van der Waals surface area (Å²) in [6.07, 6.45) is 0.804. The lowest BCUT2D eigenvalue weighted by atomic mass is 10.1. The molecule has 0 fully saturated rings. The number of benzene rings is 1. The third kappa shape index (κ3) is 3.61. The Morgan fingerprint density at radius 3 is 2.90 bits per heavy atom. The largest absolute Gasteiger partial charge is 0.296 e. The van der Waals surface area contributed by atoms with E-state index in [1.165, 1.54) is 23.5 Å². The molecule has 0 aliphatic carbocycles. The molecule has 20 heavy (non-hydrogen) atoms. The van der Waals surface area contributed by atoms with Crippen molar-refractivity contribution >= 4 is 38.3 Å². The lowest BCUT2D eigenvalue weighted by molar-refractivity contribution is 0.102. The van der Waals surface area contributed by atoms with E-state index in [4.69, 9.17) is 0 Å². The molecule has 0 aliphatic heterocycles. The van der Waals surface area contributed by atoms with Crippen LogP contribution in [0.25, 0.3) is 0 Å². The van der Waals surface area contributed by atoms with E-state index in [-0.39, 0.29) is 10.0 Å². The molecule has 0 saturated heterocycles. The number of carbonyl (C=O) groups is 1. The van der Waals surface area contributed by atoms with E-state index in [0.29, 0.717) is 11.0 Å². The molecule has 1 heterocycles. The fourth-order valence-corrected chi connectivity index (χ4v) is 2.89. The predicted octanol–water partition coefficient (Wildman–Crippen LogP) is 3.89. The van der Waals surface area contributed by atoms with Gasteiger partial charge in [0.2, 0.25) is 5.13 Å². The van der Waals surface area contributed by atoms with Crippen molar-refractivity contribution in [3.8, 4) is 0 Å². The number of rotatable bonds is 4. The number of halogens is 2. The minimum atomic E-state index is -0.586. The van der Waals surface area contributed by atoms with Gasteiger partial charge in [-0.25, -0.2) is 4.39 Å². The van der Waals surface area contributed by atoms with Gasteiger partial charge in [-0.05, 0) is 34.0 Å². The van der Waals surface area contributed by atoms with Crippen LogP contribution in [0.4, 0.5) is 9.52 Å². The first-order valence-electron chi connectivity index (χ1n) is 6.05. The van der Waals surface area contributed by atoms with Gasteiger partial charge in [0.05, 0.1) is 10.0 Å². The molecule has 0 saturated carbocycles. The Hall–Kier alpha value is -1.34. The number of anilines is 1. The second-order valence-electron chi connectivity index (χ2n) is 4.65. The fraction of sp³-hybridized carbons (Fsp3) is 0.308. The predicted molar refractivity (Wildman–Crippen MR) is 80.5 cm³/mol. The number of hydrogen-bond donors (Lipinski definition) is 1. The zero-order valence-electron chi connectivity index (χ0n) is 11.0. The highest BCUT2D eigenvalue weighted by Gasteiger charge is 2.16. The van der Waals surface area contributed by atoms with Crippen molar-refractivity contribution in [2.45, 2.75) is 20.3 Å². The first-order valence-corrected chi connectivity index (χ1v) is 7.66. The first kappa shape index (κ1) is 15.1. The molecule has 2 rings (SSSR count). The molecule has 0 radical (unpaired) electrons. The van der Waals surface area contributed by atoms with E-state index in [1.54, 1.807) is 6.07 Å². The zero-order valence-corrected chi connectivity index (χ0v) is 13.4. The zero-order chi connectivity index (χ0) is 14.7. The summed E-state index contributed by atoms with van der Waals surface area (Å²) >= 11 is 4.36. The van der Waals surface area contributed by atoms with Gasteiger partial charge in [-0.1, -0.05) is 31.3 Å². The average Bonchev–Trinajstić information content (AvgIpc) is 2.79. The molecule has 106 valence electrons. The van der Waals surface area contributed by atoms with Crippen LogP contribution < -0.4 is 5.32 Å². The topological polar surface area (TPSA) is 54.9 Å². The number of aromatic nitrogens is 2. The van der Waals surface area contributed by atoms with Gasteiger partial charge in [-0.3, -0.25) is 10.1 Å². The highest BCUT2D eigenvalue weighted by molar-refractivity contribution is 9.10. The van der Waals surface area contributed by atoms with E-state index in [0.717, 1.165) is 11.4 Å². The maximum Gasteiger partial charge on any atom is 0.260 e.